The van der Waals surface area contributed by atoms with Crippen molar-refractivity contribution >= 4 is 11.9 Å². The van der Waals surface area contributed by atoms with Crippen LogP contribution in [0.3, 0.4) is 0 Å². The van der Waals surface area contributed by atoms with Crippen LogP contribution in [0.15, 0.2) is 16.7 Å². The molecule has 6 heteroatoms. The molecule has 0 saturated carbocycles. The van der Waals surface area contributed by atoms with Gasteiger partial charge in [0.15, 0.2) is 0 Å². The van der Waals surface area contributed by atoms with Crippen LogP contribution in [0.2, 0.25) is 0 Å². The van der Waals surface area contributed by atoms with Crippen molar-refractivity contribution in [3.05, 3.63) is 23.7 Å². The summed E-state index contributed by atoms with van der Waals surface area (Å²) >= 11 is 0. The van der Waals surface area contributed by atoms with E-state index in [4.69, 9.17) is 4.42 Å². The number of hydrogen-bond acceptors (Lipinski definition) is 5. The van der Waals surface area contributed by atoms with E-state index >= 15 is 0 Å². The summed E-state index contributed by atoms with van der Waals surface area (Å²) in [5, 5.41) is 9.61. The first kappa shape index (κ1) is 12.6. The molecule has 1 aliphatic heterocycles. The molecule has 2 unspecified atom stereocenters. The van der Waals surface area contributed by atoms with Crippen LogP contribution in [0.5, 0.6) is 0 Å². The average molecular weight is 253 g/mol. The smallest absolute Gasteiger partial charge is 0.328 e. The molecule has 0 aromatic carbocycles. The van der Waals surface area contributed by atoms with E-state index in [0.29, 0.717) is 11.3 Å². The van der Waals surface area contributed by atoms with Crippen molar-refractivity contribution in [2.75, 3.05) is 13.7 Å². The number of aryl methyl sites for hydroxylation is 1. The maximum atomic E-state index is 12.3. The van der Waals surface area contributed by atoms with Gasteiger partial charge >= 0.3 is 5.97 Å². The van der Waals surface area contributed by atoms with Crippen LogP contribution >= 0.6 is 0 Å². The number of nitrogens with zero attached hydrogens (tertiary/aromatic N) is 1. The number of carbonyl (C=O) groups is 2. The highest BCUT2D eigenvalue weighted by Crippen LogP contribution is 2.23. The standard InChI is InChI=1S/C12H15NO5/c1-7-9(3-4-18-7)11(15)13-6-8(14)5-10(13)12(16)17-2/h3-4,8,10,14H,5-6H2,1-2H3. The third kappa shape index (κ3) is 2.11. The van der Waals surface area contributed by atoms with Crippen molar-refractivity contribution in [1.29, 1.82) is 0 Å². The van der Waals surface area contributed by atoms with E-state index in [0.717, 1.165) is 0 Å². The molecule has 1 saturated heterocycles. The number of aliphatic hydroxyl groups is 1. The molecule has 0 spiro atoms. The number of hydrogen-bond donors (Lipinski definition) is 1. The van der Waals surface area contributed by atoms with Gasteiger partial charge in [-0.2, -0.15) is 0 Å². The summed E-state index contributed by atoms with van der Waals surface area (Å²) < 4.78 is 9.71. The number of rotatable bonds is 2. The lowest BCUT2D eigenvalue weighted by Crippen LogP contribution is -2.41. The maximum Gasteiger partial charge on any atom is 0.328 e. The molecule has 1 amide bonds. The minimum absolute atomic E-state index is 0.128. The fourth-order valence-electron chi connectivity index (χ4n) is 2.16. The third-order valence-corrected chi connectivity index (χ3v) is 3.10. The largest absolute Gasteiger partial charge is 0.469 e. The maximum absolute atomic E-state index is 12.3. The number of esters is 1. The van der Waals surface area contributed by atoms with Crippen LogP contribution in [-0.2, 0) is 9.53 Å². The van der Waals surface area contributed by atoms with Gasteiger partial charge in [0.05, 0.1) is 25.0 Å². The molecule has 1 fully saturated rings. The molecule has 0 radical (unpaired) electrons. The highest BCUT2D eigenvalue weighted by atomic mass is 16.5. The van der Waals surface area contributed by atoms with Crippen LogP contribution in [-0.4, -0.2) is 47.7 Å². The van der Waals surface area contributed by atoms with Crippen molar-refractivity contribution in [3.63, 3.8) is 0 Å². The molecule has 6 nitrogen and oxygen atoms in total. The van der Waals surface area contributed by atoms with Gasteiger partial charge in [0.1, 0.15) is 11.8 Å². The molecule has 1 aromatic heterocycles. The third-order valence-electron chi connectivity index (χ3n) is 3.10. The van der Waals surface area contributed by atoms with E-state index in [-0.39, 0.29) is 18.9 Å². The normalized spacial score (nSPS) is 23.2. The van der Waals surface area contributed by atoms with E-state index in [1.165, 1.54) is 18.3 Å². The van der Waals surface area contributed by atoms with Crippen LogP contribution in [0, 0.1) is 6.92 Å². The highest BCUT2D eigenvalue weighted by Gasteiger charge is 2.40. The number of ether oxygens (including phenoxy) is 1. The van der Waals surface area contributed by atoms with Crippen molar-refractivity contribution in [3.8, 4) is 0 Å². The topological polar surface area (TPSA) is 80.0 Å². The van der Waals surface area contributed by atoms with Gasteiger partial charge in [0, 0.05) is 13.0 Å². The molecule has 0 aliphatic carbocycles. The van der Waals surface area contributed by atoms with Gasteiger partial charge < -0.3 is 19.2 Å². The second-order valence-corrected chi connectivity index (χ2v) is 4.28. The zero-order valence-electron chi connectivity index (χ0n) is 10.3. The first-order valence-corrected chi connectivity index (χ1v) is 5.65. The lowest BCUT2D eigenvalue weighted by molar-refractivity contribution is -0.145. The van der Waals surface area contributed by atoms with Crippen LogP contribution < -0.4 is 0 Å². The summed E-state index contributed by atoms with van der Waals surface area (Å²) in [6.07, 6.45) is 0.919. The zero-order valence-corrected chi connectivity index (χ0v) is 10.3. The minimum atomic E-state index is -0.730. The Bertz CT molecular complexity index is 467. The Morgan fingerprint density at radius 1 is 1.56 bits per heavy atom. The zero-order chi connectivity index (χ0) is 13.3. The molecular weight excluding hydrogens is 238 g/mol. The molecular formula is C12H15NO5. The highest BCUT2D eigenvalue weighted by molar-refractivity contribution is 5.98. The number of carbonyl (C=O) groups excluding carboxylic acids is 2. The van der Waals surface area contributed by atoms with Gasteiger partial charge in [-0.1, -0.05) is 0 Å². The van der Waals surface area contributed by atoms with Gasteiger partial charge in [-0.05, 0) is 13.0 Å². The summed E-state index contributed by atoms with van der Waals surface area (Å²) in [5.74, 6) is -0.348. The lowest BCUT2D eigenvalue weighted by Gasteiger charge is -2.21. The summed E-state index contributed by atoms with van der Waals surface area (Å²) in [7, 11) is 1.26. The number of likely N-dealkylation sites (tertiary alicyclic amines) is 1. The number of β-amino-alcohol motifs (C(OH)–C–C–N with tert-alkyl or cyclic N) is 1. The number of aliphatic hydroxyl groups excluding tert-OH is 1. The molecule has 98 valence electrons. The van der Waals surface area contributed by atoms with Crippen molar-refractivity contribution in [2.45, 2.75) is 25.5 Å². The molecule has 1 aromatic rings. The van der Waals surface area contributed by atoms with Gasteiger partial charge in [-0.25, -0.2) is 4.79 Å². The fraction of sp³-hybridized carbons (Fsp3) is 0.500. The van der Waals surface area contributed by atoms with Crippen LogP contribution in [0.4, 0.5) is 0 Å². The van der Waals surface area contributed by atoms with E-state index in [1.807, 2.05) is 0 Å². The van der Waals surface area contributed by atoms with E-state index < -0.39 is 18.1 Å². The Hall–Kier alpha value is -1.82. The van der Waals surface area contributed by atoms with Gasteiger partial charge in [-0.15, -0.1) is 0 Å². The van der Waals surface area contributed by atoms with E-state index in [1.54, 1.807) is 13.0 Å². The molecule has 1 aliphatic rings. The first-order chi connectivity index (χ1) is 8.54. The monoisotopic (exact) mass is 253 g/mol. The van der Waals surface area contributed by atoms with E-state index in [2.05, 4.69) is 4.74 Å². The lowest BCUT2D eigenvalue weighted by atomic mass is 10.2. The SMILES string of the molecule is COC(=O)C1CC(O)CN1C(=O)c1ccoc1C. The van der Waals surface area contributed by atoms with Crippen molar-refractivity contribution in [2.24, 2.45) is 0 Å². The fourth-order valence-corrected chi connectivity index (χ4v) is 2.16. The summed E-state index contributed by atoms with van der Waals surface area (Å²) in [6.45, 7) is 1.80. The Balaban J connectivity index is 2.23. The summed E-state index contributed by atoms with van der Waals surface area (Å²) in [4.78, 5) is 25.2. The molecule has 2 heterocycles. The Labute approximate surface area is 104 Å². The predicted molar refractivity (Wildman–Crippen MR) is 60.9 cm³/mol. The Morgan fingerprint density at radius 2 is 2.28 bits per heavy atom. The molecule has 1 N–H and O–H groups in total. The number of amides is 1. The second-order valence-electron chi connectivity index (χ2n) is 4.28. The Morgan fingerprint density at radius 3 is 2.83 bits per heavy atom. The summed E-state index contributed by atoms with van der Waals surface area (Å²) in [6, 6.07) is 0.822. The second kappa shape index (κ2) is 4.81. The van der Waals surface area contributed by atoms with Gasteiger partial charge in [0.2, 0.25) is 0 Å². The number of furan rings is 1. The quantitative estimate of drug-likeness (QED) is 0.768. The van der Waals surface area contributed by atoms with Gasteiger partial charge in [0.25, 0.3) is 5.91 Å². The van der Waals surface area contributed by atoms with E-state index in [9.17, 15) is 14.7 Å². The molecule has 0 bridgehead atoms. The van der Waals surface area contributed by atoms with Crippen LogP contribution in [0.1, 0.15) is 22.5 Å². The average Bonchev–Trinajstić information content (AvgIpc) is 2.93. The molecule has 18 heavy (non-hydrogen) atoms. The molecule has 2 rings (SSSR count). The molecule has 2 atom stereocenters. The number of methoxy groups -OCH3 is 1. The minimum Gasteiger partial charge on any atom is -0.469 e. The first-order valence-electron chi connectivity index (χ1n) is 5.65. The van der Waals surface area contributed by atoms with Crippen molar-refractivity contribution in [1.82, 2.24) is 4.90 Å². The van der Waals surface area contributed by atoms with Gasteiger partial charge in [-0.3, -0.25) is 4.79 Å². The van der Waals surface area contributed by atoms with Crippen molar-refractivity contribution < 1.29 is 23.8 Å². The van der Waals surface area contributed by atoms with Crippen LogP contribution in [0.25, 0.3) is 0 Å². The summed E-state index contributed by atoms with van der Waals surface area (Å²) in [5.41, 5.74) is 0.401. The predicted octanol–water partition coefficient (Wildman–Crippen LogP) is 0.336. The Kier molecular flexibility index (Phi) is 3.38.